The summed E-state index contributed by atoms with van der Waals surface area (Å²) < 4.78 is 52.7. The summed E-state index contributed by atoms with van der Waals surface area (Å²) in [6, 6.07) is 14.0. The molecule has 0 aliphatic rings. The minimum absolute atomic E-state index is 0.116. The first-order valence-corrected chi connectivity index (χ1v) is 16.6. The van der Waals surface area contributed by atoms with Gasteiger partial charge in [-0.25, -0.2) is 9.13 Å². The normalized spacial score (nSPS) is 13.3. The van der Waals surface area contributed by atoms with Gasteiger partial charge in [-0.1, -0.05) is 48.0 Å². The Kier molecular flexibility index (Phi) is 13.8. The molecule has 208 valence electrons. The Morgan fingerprint density at radius 1 is 0.895 bits per heavy atom. The van der Waals surface area contributed by atoms with E-state index in [2.05, 4.69) is 10.2 Å². The molecule has 0 heterocycles. The number of rotatable bonds is 15. The lowest BCUT2D eigenvalue weighted by atomic mass is 10.1. The molecular formula is C24H32ClN3O7P2S. The largest absolute Gasteiger partial charge is 0.530 e. The Morgan fingerprint density at radius 3 is 2.08 bits per heavy atom. The van der Waals surface area contributed by atoms with Crippen molar-refractivity contribution in [3.63, 3.8) is 0 Å². The van der Waals surface area contributed by atoms with E-state index in [1.54, 1.807) is 70.2 Å². The van der Waals surface area contributed by atoms with Gasteiger partial charge in [-0.05, 0) is 57.5 Å². The maximum atomic E-state index is 13.1. The lowest BCUT2D eigenvalue weighted by molar-refractivity contribution is 0.167. The lowest BCUT2D eigenvalue weighted by Crippen LogP contribution is -2.09. The number of para-hydroxylation sites is 1. The number of nitrogens with zero attached hydrogens (tertiary/aromatic N) is 2. The number of amidine groups is 1. The van der Waals surface area contributed by atoms with Crippen LogP contribution in [0.2, 0.25) is 5.02 Å². The second kappa shape index (κ2) is 16.2. The van der Waals surface area contributed by atoms with E-state index < -0.39 is 14.6 Å². The van der Waals surface area contributed by atoms with Crippen LogP contribution in [0.15, 0.2) is 64.8 Å². The number of phosphoric ester groups is 1. The molecule has 2 aromatic rings. The van der Waals surface area contributed by atoms with Gasteiger partial charge in [-0.15, -0.1) is 10.2 Å². The highest BCUT2D eigenvalue weighted by atomic mass is 35.5. The second-order valence-corrected chi connectivity index (χ2v) is 12.9. The van der Waals surface area contributed by atoms with E-state index in [0.29, 0.717) is 22.0 Å². The zero-order valence-electron chi connectivity index (χ0n) is 21.6. The van der Waals surface area contributed by atoms with Gasteiger partial charge in [0, 0.05) is 22.0 Å². The third-order valence-electron chi connectivity index (χ3n) is 4.31. The predicted octanol–water partition coefficient (Wildman–Crippen LogP) is 7.55. The number of hydrogen-bond donors (Lipinski definition) is 1. The minimum atomic E-state index is -3.91. The number of hydrogen-bond acceptors (Lipinski definition) is 10. The summed E-state index contributed by atoms with van der Waals surface area (Å²) in [5.74, 6) is 0.177. The molecule has 38 heavy (non-hydrogen) atoms. The lowest BCUT2D eigenvalue weighted by Gasteiger charge is -2.19. The average Bonchev–Trinajstić information content (AvgIpc) is 2.86. The average molecular weight is 604 g/mol. The van der Waals surface area contributed by atoms with Gasteiger partial charge in [-0.2, -0.15) is 0 Å². The van der Waals surface area contributed by atoms with Crippen LogP contribution in [0.25, 0.3) is 6.08 Å². The Balaban J connectivity index is 2.56. The van der Waals surface area contributed by atoms with Crippen molar-refractivity contribution in [2.24, 2.45) is 15.9 Å². The first kappa shape index (κ1) is 32.3. The first-order chi connectivity index (χ1) is 18.2. The van der Waals surface area contributed by atoms with Crippen LogP contribution in [0.1, 0.15) is 38.8 Å². The fourth-order valence-electron chi connectivity index (χ4n) is 2.88. The van der Waals surface area contributed by atoms with Gasteiger partial charge in [0.1, 0.15) is 5.75 Å². The molecule has 0 fully saturated rings. The molecule has 0 unspecified atom stereocenters. The van der Waals surface area contributed by atoms with Crippen LogP contribution >= 0.6 is 37.6 Å². The predicted molar refractivity (Wildman–Crippen MR) is 155 cm³/mol. The molecule has 10 nitrogen and oxygen atoms in total. The van der Waals surface area contributed by atoms with Crippen LogP contribution in [-0.4, -0.2) is 37.3 Å². The van der Waals surface area contributed by atoms with Crippen molar-refractivity contribution in [3.05, 3.63) is 70.8 Å². The number of benzene rings is 2. The van der Waals surface area contributed by atoms with Crippen LogP contribution in [0, 0.1) is 0 Å². The molecule has 0 aromatic heterocycles. The summed E-state index contributed by atoms with van der Waals surface area (Å²) in [4.78, 5) is 0. The molecule has 2 rings (SSSR count). The van der Waals surface area contributed by atoms with Gasteiger partial charge >= 0.3 is 14.6 Å². The van der Waals surface area contributed by atoms with Gasteiger partial charge < -0.3 is 19.3 Å². The second-order valence-electron chi connectivity index (χ2n) is 7.02. The SMILES string of the molecule is CCOP(=O)(OCC)Oc1ccccc1C(/C=C/c1ccccc1Cl)=N/N=C(\N)SP(=O)(OCC)OCC. The standard InChI is InChI=1S/C24H32ClN3O7P2S/c1-5-31-36(29,32-6-2)35-23-16-12-10-14-20(23)22(18-17-19-13-9-11-15-21(19)25)27-28-24(26)38-37(30,33-7-3)34-8-4/h9-18H,5-8H2,1-4H3,(H2,26,28)/b18-17+,27-22+. The Labute approximate surface area is 232 Å². The minimum Gasteiger partial charge on any atom is -0.403 e. The number of halogens is 1. The monoisotopic (exact) mass is 603 g/mol. The summed E-state index contributed by atoms with van der Waals surface area (Å²) in [6.45, 7) is 3.73. The summed E-state index contributed by atoms with van der Waals surface area (Å²) in [6.07, 6.45) is 3.37. The van der Waals surface area contributed by atoms with Crippen molar-refractivity contribution in [2.75, 3.05) is 26.4 Å². The summed E-state index contributed by atoms with van der Waals surface area (Å²) >= 11 is 6.95. The summed E-state index contributed by atoms with van der Waals surface area (Å²) in [5, 5.41) is 8.69. The van der Waals surface area contributed by atoms with Gasteiger partial charge in [0.2, 0.25) is 0 Å². The van der Waals surface area contributed by atoms with E-state index in [1.807, 2.05) is 18.2 Å². The molecule has 0 bridgehead atoms. The van der Waals surface area contributed by atoms with Crippen LogP contribution < -0.4 is 10.3 Å². The highest BCUT2D eigenvalue weighted by molar-refractivity contribution is 8.62. The quantitative estimate of drug-likeness (QED) is 0.0948. The van der Waals surface area contributed by atoms with Crippen LogP contribution in [0.5, 0.6) is 5.75 Å². The maximum absolute atomic E-state index is 13.1. The van der Waals surface area contributed by atoms with Crippen molar-refractivity contribution in [1.82, 2.24) is 0 Å². The van der Waals surface area contributed by atoms with E-state index in [1.165, 1.54) is 0 Å². The Bertz CT molecular complexity index is 1220. The fourth-order valence-corrected chi connectivity index (χ4v) is 7.16. The van der Waals surface area contributed by atoms with Crippen LogP contribution in [-0.2, 0) is 27.2 Å². The van der Waals surface area contributed by atoms with Crippen molar-refractivity contribution >= 4 is 54.6 Å². The highest BCUT2D eigenvalue weighted by Gasteiger charge is 2.29. The molecule has 0 aliphatic heterocycles. The number of nitrogens with two attached hydrogens (primary N) is 1. The van der Waals surface area contributed by atoms with Crippen molar-refractivity contribution in [1.29, 1.82) is 0 Å². The van der Waals surface area contributed by atoms with Crippen LogP contribution in [0.4, 0.5) is 0 Å². The highest BCUT2D eigenvalue weighted by Crippen LogP contribution is 2.60. The maximum Gasteiger partial charge on any atom is 0.530 e. The Morgan fingerprint density at radius 2 is 1.47 bits per heavy atom. The third kappa shape index (κ3) is 10.3. The van der Waals surface area contributed by atoms with E-state index >= 15 is 0 Å². The number of phosphoric acid groups is 1. The van der Waals surface area contributed by atoms with Gasteiger partial charge in [0.25, 0.3) is 0 Å². The van der Waals surface area contributed by atoms with Gasteiger partial charge in [0.15, 0.2) is 5.17 Å². The molecule has 0 saturated heterocycles. The van der Waals surface area contributed by atoms with Crippen molar-refractivity contribution in [3.8, 4) is 5.75 Å². The molecule has 0 saturated carbocycles. The van der Waals surface area contributed by atoms with E-state index in [9.17, 15) is 9.13 Å². The van der Waals surface area contributed by atoms with Crippen LogP contribution in [0.3, 0.4) is 0 Å². The topological polar surface area (TPSA) is 131 Å². The van der Waals surface area contributed by atoms with Crippen molar-refractivity contribution < 1.29 is 31.7 Å². The van der Waals surface area contributed by atoms with Gasteiger partial charge in [0.05, 0.1) is 32.1 Å². The molecule has 0 amide bonds. The third-order valence-corrected chi connectivity index (χ3v) is 9.73. The zero-order chi connectivity index (χ0) is 28.0. The fraction of sp³-hybridized carbons (Fsp3) is 0.333. The number of allylic oxidation sites excluding steroid dienone is 1. The molecule has 2 aromatic carbocycles. The van der Waals surface area contributed by atoms with Crippen molar-refractivity contribution in [2.45, 2.75) is 27.7 Å². The Hall–Kier alpha value is -1.94. The molecule has 2 N–H and O–H groups in total. The molecule has 0 aliphatic carbocycles. The molecule has 0 spiro atoms. The van der Waals surface area contributed by atoms with E-state index in [0.717, 1.165) is 5.56 Å². The first-order valence-electron chi connectivity index (χ1n) is 11.8. The van der Waals surface area contributed by atoms with E-state index in [4.69, 9.17) is 40.0 Å². The molecule has 0 radical (unpaired) electrons. The molecule has 0 atom stereocenters. The summed E-state index contributed by atoms with van der Waals surface area (Å²) in [5.41, 5.74) is 7.41. The smallest absolute Gasteiger partial charge is 0.403 e. The van der Waals surface area contributed by atoms with Gasteiger partial charge in [-0.3, -0.25) is 9.05 Å². The summed E-state index contributed by atoms with van der Waals surface area (Å²) in [7, 11) is -3.91. The molecular weight excluding hydrogens is 572 g/mol. The zero-order valence-corrected chi connectivity index (χ0v) is 25.0. The van der Waals surface area contributed by atoms with E-state index in [-0.39, 0.29) is 43.1 Å². The molecule has 14 heteroatoms.